The summed E-state index contributed by atoms with van der Waals surface area (Å²) in [6.45, 7) is 6.65. The zero-order valence-corrected chi connectivity index (χ0v) is 12.4. The van der Waals surface area contributed by atoms with E-state index >= 15 is 0 Å². The average molecular weight is 277 g/mol. The van der Waals surface area contributed by atoms with Gasteiger partial charge in [0.05, 0.1) is 12.6 Å². The van der Waals surface area contributed by atoms with E-state index in [9.17, 15) is 4.79 Å². The molecular weight excluding hydrogens is 256 g/mol. The molecule has 1 heterocycles. The van der Waals surface area contributed by atoms with Gasteiger partial charge in [0, 0.05) is 11.9 Å². The molecule has 1 aromatic rings. The predicted octanol–water partition coefficient (Wildman–Crippen LogP) is 2.42. The van der Waals surface area contributed by atoms with Crippen LogP contribution in [0.5, 0.6) is 0 Å². The van der Waals surface area contributed by atoms with Gasteiger partial charge in [-0.3, -0.25) is 4.79 Å². The number of likely N-dealkylation sites (N-methyl/N-ethyl adjacent to an activating group) is 1. The molecule has 0 aliphatic heterocycles. The van der Waals surface area contributed by atoms with Gasteiger partial charge in [0.1, 0.15) is 0 Å². The van der Waals surface area contributed by atoms with Gasteiger partial charge in [0.2, 0.25) is 5.91 Å². The third kappa shape index (κ3) is 4.30. The molecule has 0 saturated carbocycles. The van der Waals surface area contributed by atoms with Gasteiger partial charge < -0.3 is 10.6 Å². The molecule has 0 fully saturated rings. The number of halogens is 1. The van der Waals surface area contributed by atoms with Crippen LogP contribution in [0, 0.1) is 12.8 Å². The number of aryl methyl sites for hydroxylation is 1. The number of nitrogens with two attached hydrogens (primary N) is 1. The highest BCUT2D eigenvalue weighted by Gasteiger charge is 2.21. The zero-order chi connectivity index (χ0) is 12.3. The monoisotopic (exact) mass is 276 g/mol. The average Bonchev–Trinajstić information content (AvgIpc) is 2.62. The summed E-state index contributed by atoms with van der Waals surface area (Å²) in [5, 5.41) is 2.05. The SMILES string of the molecule is Cc1ccsc1CN(C)C(=O)C(N)C(C)C.Cl. The van der Waals surface area contributed by atoms with Gasteiger partial charge in [0.25, 0.3) is 0 Å². The Hall–Kier alpha value is -0.580. The van der Waals surface area contributed by atoms with Crippen molar-refractivity contribution in [2.75, 3.05) is 7.05 Å². The fraction of sp³-hybridized carbons (Fsp3) is 0.583. The van der Waals surface area contributed by atoms with E-state index in [4.69, 9.17) is 5.73 Å². The lowest BCUT2D eigenvalue weighted by Gasteiger charge is -2.23. The lowest BCUT2D eigenvalue weighted by atomic mass is 10.0. The molecule has 1 amide bonds. The van der Waals surface area contributed by atoms with Crippen molar-refractivity contribution in [3.8, 4) is 0 Å². The van der Waals surface area contributed by atoms with Crippen molar-refractivity contribution in [3.63, 3.8) is 0 Å². The fourth-order valence-corrected chi connectivity index (χ4v) is 2.36. The van der Waals surface area contributed by atoms with Gasteiger partial charge in [-0.2, -0.15) is 0 Å². The van der Waals surface area contributed by atoms with Gasteiger partial charge in [-0.15, -0.1) is 23.7 Å². The molecule has 0 saturated heterocycles. The molecule has 1 rings (SSSR count). The molecule has 5 heteroatoms. The van der Waals surface area contributed by atoms with Crippen LogP contribution in [0.25, 0.3) is 0 Å². The van der Waals surface area contributed by atoms with Crippen LogP contribution in [-0.2, 0) is 11.3 Å². The Morgan fingerprint density at radius 1 is 1.53 bits per heavy atom. The minimum absolute atomic E-state index is 0. The molecule has 17 heavy (non-hydrogen) atoms. The number of amides is 1. The zero-order valence-electron chi connectivity index (χ0n) is 10.8. The lowest BCUT2D eigenvalue weighted by molar-refractivity contribution is -0.132. The number of hydrogen-bond donors (Lipinski definition) is 1. The van der Waals surface area contributed by atoms with Crippen LogP contribution in [-0.4, -0.2) is 23.9 Å². The normalized spacial score (nSPS) is 12.1. The quantitative estimate of drug-likeness (QED) is 0.918. The van der Waals surface area contributed by atoms with Crippen LogP contribution in [0.2, 0.25) is 0 Å². The highest BCUT2D eigenvalue weighted by atomic mass is 35.5. The Kier molecular flexibility index (Phi) is 6.75. The number of carbonyl (C=O) groups is 1. The first-order valence-electron chi connectivity index (χ1n) is 5.47. The number of carbonyl (C=O) groups excluding carboxylic acids is 1. The molecule has 3 nitrogen and oxygen atoms in total. The second-order valence-electron chi connectivity index (χ2n) is 4.49. The third-order valence-corrected chi connectivity index (χ3v) is 3.74. The third-order valence-electron chi connectivity index (χ3n) is 2.73. The number of thiophene rings is 1. The summed E-state index contributed by atoms with van der Waals surface area (Å²) in [6.07, 6.45) is 0. The summed E-state index contributed by atoms with van der Waals surface area (Å²) < 4.78 is 0. The second kappa shape index (κ2) is 6.99. The fourth-order valence-electron chi connectivity index (χ4n) is 1.40. The molecule has 0 radical (unpaired) electrons. The Labute approximate surface area is 113 Å². The molecular formula is C12H21ClN2OS. The maximum Gasteiger partial charge on any atom is 0.239 e. The van der Waals surface area contributed by atoms with Crippen molar-refractivity contribution in [1.29, 1.82) is 0 Å². The number of rotatable bonds is 4. The molecule has 0 spiro atoms. The lowest BCUT2D eigenvalue weighted by Crippen LogP contribution is -2.44. The molecule has 1 aromatic heterocycles. The van der Waals surface area contributed by atoms with Crippen LogP contribution in [0.4, 0.5) is 0 Å². The first-order valence-corrected chi connectivity index (χ1v) is 6.35. The van der Waals surface area contributed by atoms with E-state index in [1.165, 1.54) is 10.4 Å². The van der Waals surface area contributed by atoms with E-state index in [1.54, 1.807) is 16.2 Å². The second-order valence-corrected chi connectivity index (χ2v) is 5.49. The largest absolute Gasteiger partial charge is 0.339 e. The van der Waals surface area contributed by atoms with E-state index in [2.05, 4.69) is 13.0 Å². The van der Waals surface area contributed by atoms with Crippen LogP contribution in [0.1, 0.15) is 24.3 Å². The summed E-state index contributed by atoms with van der Waals surface area (Å²) >= 11 is 1.68. The van der Waals surface area contributed by atoms with E-state index < -0.39 is 6.04 Å². The summed E-state index contributed by atoms with van der Waals surface area (Å²) in [6, 6.07) is 1.67. The van der Waals surface area contributed by atoms with Crippen molar-refractivity contribution in [1.82, 2.24) is 4.90 Å². The molecule has 0 aromatic carbocycles. The first-order chi connectivity index (χ1) is 7.43. The van der Waals surface area contributed by atoms with Gasteiger partial charge in [-0.05, 0) is 29.9 Å². The Morgan fingerprint density at radius 3 is 2.53 bits per heavy atom. The van der Waals surface area contributed by atoms with Gasteiger partial charge in [-0.1, -0.05) is 13.8 Å². The van der Waals surface area contributed by atoms with Gasteiger partial charge in [-0.25, -0.2) is 0 Å². The molecule has 2 N–H and O–H groups in total. The van der Waals surface area contributed by atoms with Crippen molar-refractivity contribution >= 4 is 29.7 Å². The summed E-state index contributed by atoms with van der Waals surface area (Å²) in [5.41, 5.74) is 7.08. The van der Waals surface area contributed by atoms with E-state index in [0.717, 1.165) is 0 Å². The summed E-state index contributed by atoms with van der Waals surface area (Å²) in [4.78, 5) is 14.9. The van der Waals surface area contributed by atoms with E-state index in [0.29, 0.717) is 6.54 Å². The van der Waals surface area contributed by atoms with Crippen molar-refractivity contribution in [2.45, 2.75) is 33.4 Å². The van der Waals surface area contributed by atoms with Crippen molar-refractivity contribution in [3.05, 3.63) is 21.9 Å². The minimum atomic E-state index is -0.398. The molecule has 0 aliphatic rings. The van der Waals surface area contributed by atoms with E-state index in [-0.39, 0.29) is 24.2 Å². The van der Waals surface area contributed by atoms with Crippen molar-refractivity contribution < 1.29 is 4.79 Å². The topological polar surface area (TPSA) is 46.3 Å². The van der Waals surface area contributed by atoms with Crippen molar-refractivity contribution in [2.24, 2.45) is 11.7 Å². The van der Waals surface area contributed by atoms with Gasteiger partial charge in [0.15, 0.2) is 0 Å². The van der Waals surface area contributed by atoms with Crippen LogP contribution in [0.3, 0.4) is 0 Å². The highest BCUT2D eigenvalue weighted by Crippen LogP contribution is 2.17. The smallest absolute Gasteiger partial charge is 0.239 e. The molecule has 0 bridgehead atoms. The molecule has 0 aliphatic carbocycles. The Morgan fingerprint density at radius 2 is 2.12 bits per heavy atom. The van der Waals surface area contributed by atoms with Crippen LogP contribution in [0.15, 0.2) is 11.4 Å². The maximum atomic E-state index is 11.9. The van der Waals surface area contributed by atoms with Gasteiger partial charge >= 0.3 is 0 Å². The standard InChI is InChI=1S/C12H20N2OS.ClH/c1-8(2)11(13)12(15)14(4)7-10-9(3)5-6-16-10;/h5-6,8,11H,7,13H2,1-4H3;1H. The number of nitrogens with zero attached hydrogens (tertiary/aromatic N) is 1. The maximum absolute atomic E-state index is 11.9. The summed E-state index contributed by atoms with van der Waals surface area (Å²) in [5.74, 6) is 0.196. The summed E-state index contributed by atoms with van der Waals surface area (Å²) in [7, 11) is 1.81. The molecule has 98 valence electrons. The predicted molar refractivity (Wildman–Crippen MR) is 75.6 cm³/mol. The first kappa shape index (κ1) is 16.4. The minimum Gasteiger partial charge on any atom is -0.339 e. The molecule has 1 unspecified atom stereocenters. The van der Waals surface area contributed by atoms with Crippen LogP contribution < -0.4 is 5.73 Å². The van der Waals surface area contributed by atoms with E-state index in [1.807, 2.05) is 26.3 Å². The number of hydrogen-bond acceptors (Lipinski definition) is 3. The van der Waals surface area contributed by atoms with Crippen LogP contribution >= 0.6 is 23.7 Å². The Bertz CT molecular complexity index is 365. The Balaban J connectivity index is 0.00000256. The molecule has 1 atom stereocenters. The highest BCUT2D eigenvalue weighted by molar-refractivity contribution is 7.10.